The van der Waals surface area contributed by atoms with Crippen molar-refractivity contribution in [1.29, 1.82) is 0 Å². The molecule has 0 heteroatoms. The molecule has 66 valence electrons. The predicted octanol–water partition coefficient (Wildman–Crippen LogP) is 2.89. The molecule has 1 aromatic rings. The molecule has 13 heavy (non-hydrogen) atoms. The molecule has 1 aromatic carbocycles. The Balaban J connectivity index is 2.54. The monoisotopic (exact) mass is 170 g/mol. The maximum absolute atomic E-state index is 5.36. The van der Waals surface area contributed by atoms with Gasteiger partial charge in [-0.25, -0.2) is 0 Å². The minimum atomic E-state index is 0.350. The molecule has 0 aromatic heterocycles. The van der Waals surface area contributed by atoms with Crippen molar-refractivity contribution in [2.24, 2.45) is 0 Å². The fourth-order valence-corrected chi connectivity index (χ4v) is 2.13. The maximum atomic E-state index is 5.36. The summed E-state index contributed by atoms with van der Waals surface area (Å²) in [4.78, 5) is 0. The fourth-order valence-electron chi connectivity index (χ4n) is 2.13. The number of fused-ring (bicyclic) bond motifs is 1. The van der Waals surface area contributed by atoms with E-state index < -0.39 is 0 Å². The SMILES string of the molecule is C#Cc1ccc2c(c1)CCC2(C)C. The van der Waals surface area contributed by atoms with Crippen LogP contribution in [0.3, 0.4) is 0 Å². The van der Waals surface area contributed by atoms with E-state index in [-0.39, 0.29) is 0 Å². The molecule has 0 atom stereocenters. The van der Waals surface area contributed by atoms with Crippen LogP contribution in [0.4, 0.5) is 0 Å². The third-order valence-electron chi connectivity index (χ3n) is 3.02. The second-order valence-corrected chi connectivity index (χ2v) is 4.40. The third-order valence-corrected chi connectivity index (χ3v) is 3.02. The molecular formula is C13H14. The smallest absolute Gasteiger partial charge is 0.0245 e. The van der Waals surface area contributed by atoms with Crippen LogP contribution in [0.2, 0.25) is 0 Å². The van der Waals surface area contributed by atoms with Crippen LogP contribution in [0.1, 0.15) is 37.0 Å². The highest BCUT2D eigenvalue weighted by molar-refractivity contribution is 5.45. The minimum absolute atomic E-state index is 0.350. The van der Waals surface area contributed by atoms with E-state index in [2.05, 4.69) is 31.9 Å². The van der Waals surface area contributed by atoms with Gasteiger partial charge in [0.25, 0.3) is 0 Å². The lowest BCUT2D eigenvalue weighted by atomic mass is 9.86. The van der Waals surface area contributed by atoms with Gasteiger partial charge in [0, 0.05) is 5.56 Å². The molecule has 0 radical (unpaired) electrons. The first-order chi connectivity index (χ1) is 6.13. The van der Waals surface area contributed by atoms with E-state index >= 15 is 0 Å². The molecule has 1 aliphatic carbocycles. The molecule has 2 rings (SSSR count). The normalized spacial score (nSPS) is 17.9. The Morgan fingerprint density at radius 1 is 1.38 bits per heavy atom. The van der Waals surface area contributed by atoms with Crippen molar-refractivity contribution in [2.45, 2.75) is 32.1 Å². The summed E-state index contributed by atoms with van der Waals surface area (Å²) in [5.74, 6) is 2.68. The summed E-state index contributed by atoms with van der Waals surface area (Å²) < 4.78 is 0. The van der Waals surface area contributed by atoms with Crippen molar-refractivity contribution in [3.05, 3.63) is 34.9 Å². The molecule has 0 heterocycles. The molecule has 0 saturated carbocycles. The Morgan fingerprint density at radius 2 is 2.15 bits per heavy atom. The summed E-state index contributed by atoms with van der Waals surface area (Å²) >= 11 is 0. The zero-order valence-electron chi connectivity index (χ0n) is 8.22. The van der Waals surface area contributed by atoms with Gasteiger partial charge in [-0.1, -0.05) is 25.8 Å². The maximum Gasteiger partial charge on any atom is 0.0245 e. The Morgan fingerprint density at radius 3 is 2.85 bits per heavy atom. The van der Waals surface area contributed by atoms with Crippen LogP contribution in [0.25, 0.3) is 0 Å². The number of hydrogen-bond acceptors (Lipinski definition) is 0. The van der Waals surface area contributed by atoms with Crippen molar-refractivity contribution in [3.8, 4) is 12.3 Å². The Kier molecular flexibility index (Phi) is 1.70. The summed E-state index contributed by atoms with van der Waals surface area (Å²) in [5.41, 5.74) is 4.28. The molecule has 1 aliphatic rings. The van der Waals surface area contributed by atoms with Crippen LogP contribution in [0.15, 0.2) is 18.2 Å². The second kappa shape index (κ2) is 2.64. The van der Waals surface area contributed by atoms with E-state index in [1.165, 1.54) is 24.0 Å². The van der Waals surface area contributed by atoms with Crippen molar-refractivity contribution < 1.29 is 0 Å². The Bertz CT molecular complexity index is 378. The summed E-state index contributed by atoms with van der Waals surface area (Å²) in [5, 5.41) is 0. The highest BCUT2D eigenvalue weighted by Crippen LogP contribution is 2.38. The third kappa shape index (κ3) is 1.25. The first kappa shape index (κ1) is 8.38. The van der Waals surface area contributed by atoms with Crippen LogP contribution < -0.4 is 0 Å². The number of terminal acetylenes is 1. The lowest BCUT2D eigenvalue weighted by Crippen LogP contribution is -2.11. The van der Waals surface area contributed by atoms with Gasteiger partial charge in [0.2, 0.25) is 0 Å². The molecule has 0 bridgehead atoms. The first-order valence-corrected chi connectivity index (χ1v) is 4.73. The average molecular weight is 170 g/mol. The van der Waals surface area contributed by atoms with Crippen LogP contribution >= 0.6 is 0 Å². The van der Waals surface area contributed by atoms with Crippen LogP contribution in [-0.2, 0) is 11.8 Å². The second-order valence-electron chi connectivity index (χ2n) is 4.40. The average Bonchev–Trinajstić information content (AvgIpc) is 2.42. The van der Waals surface area contributed by atoms with E-state index in [1.54, 1.807) is 0 Å². The number of hydrogen-bond donors (Lipinski definition) is 0. The predicted molar refractivity (Wildman–Crippen MR) is 55.7 cm³/mol. The van der Waals surface area contributed by atoms with E-state index in [9.17, 15) is 0 Å². The Hall–Kier alpha value is -1.22. The minimum Gasteiger partial charge on any atom is -0.115 e. The molecule has 0 N–H and O–H groups in total. The van der Waals surface area contributed by atoms with Gasteiger partial charge in [-0.3, -0.25) is 0 Å². The molecule has 0 amide bonds. The van der Waals surface area contributed by atoms with Crippen molar-refractivity contribution >= 4 is 0 Å². The zero-order valence-corrected chi connectivity index (χ0v) is 8.22. The lowest BCUT2D eigenvalue weighted by molar-refractivity contribution is 0.522. The number of rotatable bonds is 0. The van der Waals surface area contributed by atoms with Gasteiger partial charge in [0.1, 0.15) is 0 Å². The highest BCUT2D eigenvalue weighted by atomic mass is 14.3. The first-order valence-electron chi connectivity index (χ1n) is 4.73. The molecular weight excluding hydrogens is 156 g/mol. The summed E-state index contributed by atoms with van der Waals surface area (Å²) in [6.07, 6.45) is 7.79. The van der Waals surface area contributed by atoms with E-state index in [4.69, 9.17) is 6.42 Å². The van der Waals surface area contributed by atoms with Crippen molar-refractivity contribution in [1.82, 2.24) is 0 Å². The van der Waals surface area contributed by atoms with Gasteiger partial charge in [-0.15, -0.1) is 6.42 Å². The topological polar surface area (TPSA) is 0 Å². The number of aryl methyl sites for hydroxylation is 1. The molecule has 0 nitrogen and oxygen atoms in total. The van der Waals surface area contributed by atoms with Crippen molar-refractivity contribution in [3.63, 3.8) is 0 Å². The van der Waals surface area contributed by atoms with Crippen LogP contribution in [0, 0.1) is 12.3 Å². The summed E-state index contributed by atoms with van der Waals surface area (Å²) in [6, 6.07) is 6.40. The number of benzene rings is 1. The van der Waals surface area contributed by atoms with E-state index in [0.717, 1.165) is 5.56 Å². The standard InChI is InChI=1S/C13H14/c1-4-10-5-6-12-11(9-10)7-8-13(12,2)3/h1,5-6,9H,7-8H2,2-3H3. The van der Waals surface area contributed by atoms with Crippen LogP contribution in [-0.4, -0.2) is 0 Å². The molecule has 0 fully saturated rings. The summed E-state index contributed by atoms with van der Waals surface area (Å²) in [6.45, 7) is 4.60. The van der Waals surface area contributed by atoms with Crippen molar-refractivity contribution in [2.75, 3.05) is 0 Å². The molecule has 0 saturated heterocycles. The van der Waals surface area contributed by atoms with E-state index in [1.807, 2.05) is 6.07 Å². The molecule has 0 unspecified atom stereocenters. The largest absolute Gasteiger partial charge is 0.115 e. The van der Waals surface area contributed by atoms with Gasteiger partial charge in [-0.2, -0.15) is 0 Å². The summed E-state index contributed by atoms with van der Waals surface area (Å²) in [7, 11) is 0. The Labute approximate surface area is 80.0 Å². The van der Waals surface area contributed by atoms with Gasteiger partial charge in [0.05, 0.1) is 0 Å². The van der Waals surface area contributed by atoms with E-state index in [0.29, 0.717) is 5.41 Å². The lowest BCUT2D eigenvalue weighted by Gasteiger charge is -2.18. The van der Waals surface area contributed by atoms with Gasteiger partial charge in [0.15, 0.2) is 0 Å². The fraction of sp³-hybridized carbons (Fsp3) is 0.385. The molecule has 0 aliphatic heterocycles. The van der Waals surface area contributed by atoms with Gasteiger partial charge >= 0.3 is 0 Å². The van der Waals surface area contributed by atoms with Crippen LogP contribution in [0.5, 0.6) is 0 Å². The highest BCUT2D eigenvalue weighted by Gasteiger charge is 2.29. The molecule has 0 spiro atoms. The van der Waals surface area contributed by atoms with Gasteiger partial charge in [-0.05, 0) is 41.5 Å². The zero-order chi connectivity index (χ0) is 9.47. The quantitative estimate of drug-likeness (QED) is 0.525. The van der Waals surface area contributed by atoms with Gasteiger partial charge < -0.3 is 0 Å².